The van der Waals surface area contributed by atoms with E-state index < -0.39 is 0 Å². The van der Waals surface area contributed by atoms with Crippen molar-refractivity contribution in [2.75, 3.05) is 0 Å². The van der Waals surface area contributed by atoms with Crippen LogP contribution in [0.2, 0.25) is 0 Å². The van der Waals surface area contributed by atoms with Crippen LogP contribution in [-0.2, 0) is 11.2 Å². The number of benzene rings is 2. The van der Waals surface area contributed by atoms with Crippen molar-refractivity contribution in [2.45, 2.75) is 71.3 Å². The second-order valence-corrected chi connectivity index (χ2v) is 8.14. The van der Waals surface area contributed by atoms with E-state index in [1.54, 1.807) is 0 Å². The van der Waals surface area contributed by atoms with Gasteiger partial charge in [0.15, 0.2) is 0 Å². The molecule has 1 amide bonds. The zero-order valence-electron chi connectivity index (χ0n) is 16.9. The molecule has 2 aromatic carbocycles. The average molecular weight is 365 g/mol. The van der Waals surface area contributed by atoms with Crippen LogP contribution in [0.15, 0.2) is 42.0 Å². The van der Waals surface area contributed by atoms with Gasteiger partial charge in [0.05, 0.1) is 5.54 Å². The van der Waals surface area contributed by atoms with Gasteiger partial charge in [-0.25, -0.2) is 5.43 Å². The Hall–Kier alpha value is -2.13. The summed E-state index contributed by atoms with van der Waals surface area (Å²) in [7, 11) is 0. The summed E-state index contributed by atoms with van der Waals surface area (Å²) in [5.74, 6) is -0.0367. The Labute approximate surface area is 163 Å². The van der Waals surface area contributed by atoms with Gasteiger partial charge >= 0.3 is 0 Å². The highest BCUT2D eigenvalue weighted by Crippen LogP contribution is 2.29. The van der Waals surface area contributed by atoms with Gasteiger partial charge in [-0.3, -0.25) is 10.2 Å². The molecule has 1 aliphatic heterocycles. The Balaban J connectivity index is 1.87. The van der Waals surface area contributed by atoms with Crippen molar-refractivity contribution in [3.05, 3.63) is 53.1 Å². The van der Waals surface area contributed by atoms with Crippen LogP contribution in [0.1, 0.15) is 70.4 Å². The zero-order chi connectivity index (χ0) is 19.3. The third kappa shape index (κ3) is 4.59. The lowest BCUT2D eigenvalue weighted by Crippen LogP contribution is -2.38. The van der Waals surface area contributed by atoms with Crippen LogP contribution in [0.4, 0.5) is 0 Å². The number of carbonyl (C=O) groups excluding carboxylic acids is 1. The number of unbranched alkanes of at least 4 members (excludes halogenated alkanes) is 5. The van der Waals surface area contributed by atoms with Gasteiger partial charge in [-0.1, -0.05) is 75.4 Å². The summed E-state index contributed by atoms with van der Waals surface area (Å²) in [5.41, 5.74) is 8.75. The molecule has 3 rings (SSSR count). The smallest absolute Gasteiger partial charge is 0.263 e. The normalized spacial score (nSPS) is 17.6. The first-order chi connectivity index (χ1) is 13.0. The van der Waals surface area contributed by atoms with Gasteiger partial charge in [-0.15, -0.1) is 0 Å². The van der Waals surface area contributed by atoms with Gasteiger partial charge in [0, 0.05) is 5.57 Å². The first-order valence-corrected chi connectivity index (χ1v) is 10.3. The summed E-state index contributed by atoms with van der Waals surface area (Å²) >= 11 is 0. The predicted octanol–water partition coefficient (Wildman–Crippen LogP) is 5.54. The van der Waals surface area contributed by atoms with Gasteiger partial charge in [0.2, 0.25) is 0 Å². The molecule has 27 heavy (non-hydrogen) atoms. The number of hydrogen-bond donors (Lipinski definition) is 2. The van der Waals surface area contributed by atoms with E-state index in [0.717, 1.165) is 17.6 Å². The molecule has 0 saturated carbocycles. The molecule has 0 unspecified atom stereocenters. The molecule has 2 N–H and O–H groups in total. The second kappa shape index (κ2) is 8.71. The molecule has 0 bridgehead atoms. The Morgan fingerprint density at radius 2 is 1.67 bits per heavy atom. The zero-order valence-corrected chi connectivity index (χ0v) is 16.9. The van der Waals surface area contributed by atoms with Gasteiger partial charge in [-0.2, -0.15) is 0 Å². The molecule has 3 nitrogen and oxygen atoms in total. The molecule has 0 aromatic heterocycles. The number of hydrazine groups is 1. The summed E-state index contributed by atoms with van der Waals surface area (Å²) in [5, 5.41) is 2.54. The predicted molar refractivity (Wildman–Crippen MR) is 114 cm³/mol. The molecule has 1 heterocycles. The topological polar surface area (TPSA) is 41.1 Å². The van der Waals surface area contributed by atoms with Crippen LogP contribution in [0.5, 0.6) is 0 Å². The van der Waals surface area contributed by atoms with Crippen LogP contribution in [0.3, 0.4) is 0 Å². The van der Waals surface area contributed by atoms with E-state index in [1.807, 2.05) is 13.8 Å². The van der Waals surface area contributed by atoms with Crippen LogP contribution in [0, 0.1) is 0 Å². The second-order valence-electron chi connectivity index (χ2n) is 8.14. The van der Waals surface area contributed by atoms with E-state index in [4.69, 9.17) is 0 Å². The lowest BCUT2D eigenvalue weighted by Gasteiger charge is -2.17. The van der Waals surface area contributed by atoms with Crippen molar-refractivity contribution in [2.24, 2.45) is 0 Å². The van der Waals surface area contributed by atoms with Gasteiger partial charge in [0.25, 0.3) is 5.91 Å². The van der Waals surface area contributed by atoms with Crippen molar-refractivity contribution >= 4 is 22.8 Å². The lowest BCUT2D eigenvalue weighted by atomic mass is 9.90. The number of rotatable bonds is 8. The van der Waals surface area contributed by atoms with E-state index in [0.29, 0.717) is 0 Å². The minimum atomic E-state index is -0.368. The van der Waals surface area contributed by atoms with Crippen LogP contribution >= 0.6 is 0 Å². The molecular formula is C24H32N2O. The average Bonchev–Trinajstić information content (AvgIpc) is 2.91. The Morgan fingerprint density at radius 1 is 0.963 bits per heavy atom. The lowest BCUT2D eigenvalue weighted by molar-refractivity contribution is -0.116. The Bertz CT molecular complexity index is 830. The fraction of sp³-hybridized carbons (Fsp3) is 0.458. The summed E-state index contributed by atoms with van der Waals surface area (Å²) in [4.78, 5) is 12.3. The van der Waals surface area contributed by atoms with E-state index in [-0.39, 0.29) is 11.4 Å². The molecule has 144 valence electrons. The molecular weight excluding hydrogens is 332 g/mol. The third-order valence-electron chi connectivity index (χ3n) is 5.53. The highest BCUT2D eigenvalue weighted by molar-refractivity contribution is 6.04. The Kier molecular flexibility index (Phi) is 6.33. The summed E-state index contributed by atoms with van der Waals surface area (Å²) < 4.78 is 0. The highest BCUT2D eigenvalue weighted by atomic mass is 16.2. The molecule has 1 fully saturated rings. The number of hydrogen-bond acceptors (Lipinski definition) is 2. The summed E-state index contributed by atoms with van der Waals surface area (Å²) in [6.07, 6.45) is 11.0. The minimum Gasteiger partial charge on any atom is -0.287 e. The highest BCUT2D eigenvalue weighted by Gasteiger charge is 2.35. The molecule has 1 aliphatic rings. The van der Waals surface area contributed by atoms with Crippen molar-refractivity contribution in [3.8, 4) is 0 Å². The van der Waals surface area contributed by atoms with E-state index >= 15 is 0 Å². The largest absolute Gasteiger partial charge is 0.287 e. The van der Waals surface area contributed by atoms with Crippen LogP contribution < -0.4 is 10.9 Å². The van der Waals surface area contributed by atoms with Gasteiger partial charge < -0.3 is 0 Å². The fourth-order valence-electron chi connectivity index (χ4n) is 3.91. The SMILES string of the molecule is CCCCCCCCc1cccc2cccc(/C=C3\C(=O)NNC3(C)C)c12. The van der Waals surface area contributed by atoms with Gasteiger partial charge in [0.1, 0.15) is 0 Å². The first-order valence-electron chi connectivity index (χ1n) is 10.3. The molecule has 0 atom stereocenters. The number of carbonyl (C=O) groups is 1. The van der Waals surface area contributed by atoms with E-state index in [1.165, 1.54) is 54.9 Å². The standard InChI is InChI=1S/C24H32N2O/c1-4-5-6-7-8-9-12-18-13-10-14-19-15-11-16-20(22(18)19)17-21-23(27)25-26-24(21,2)3/h10-11,13-17,26H,4-9,12H2,1-3H3,(H,25,27)/b21-17+. The molecule has 2 aromatic rings. The molecule has 1 saturated heterocycles. The molecule has 3 heteroatoms. The van der Waals surface area contributed by atoms with Crippen LogP contribution in [0.25, 0.3) is 16.8 Å². The molecule has 0 spiro atoms. The third-order valence-corrected chi connectivity index (χ3v) is 5.53. The van der Waals surface area contributed by atoms with Crippen LogP contribution in [-0.4, -0.2) is 11.4 Å². The number of fused-ring (bicyclic) bond motifs is 1. The maximum atomic E-state index is 12.3. The maximum Gasteiger partial charge on any atom is 0.263 e. The fourth-order valence-corrected chi connectivity index (χ4v) is 3.91. The Morgan fingerprint density at radius 3 is 2.37 bits per heavy atom. The van der Waals surface area contributed by atoms with E-state index in [9.17, 15) is 4.79 Å². The van der Waals surface area contributed by atoms with Gasteiger partial charge in [-0.05, 0) is 54.7 Å². The van der Waals surface area contributed by atoms with Crippen molar-refractivity contribution in [1.29, 1.82) is 0 Å². The molecule has 0 aliphatic carbocycles. The maximum absolute atomic E-state index is 12.3. The minimum absolute atomic E-state index is 0.0367. The monoisotopic (exact) mass is 364 g/mol. The number of nitrogens with one attached hydrogen (secondary N) is 2. The first kappa shape index (κ1) is 19.6. The molecule has 0 radical (unpaired) electrons. The number of aryl methyl sites for hydroxylation is 1. The number of amides is 1. The van der Waals surface area contributed by atoms with Crippen molar-refractivity contribution in [3.63, 3.8) is 0 Å². The van der Waals surface area contributed by atoms with Crippen molar-refractivity contribution < 1.29 is 4.79 Å². The van der Waals surface area contributed by atoms with Crippen molar-refractivity contribution in [1.82, 2.24) is 10.9 Å². The summed E-state index contributed by atoms with van der Waals surface area (Å²) in [6.45, 7) is 6.31. The summed E-state index contributed by atoms with van der Waals surface area (Å²) in [6, 6.07) is 12.9. The quantitative estimate of drug-likeness (QED) is 0.477. The van der Waals surface area contributed by atoms with E-state index in [2.05, 4.69) is 60.2 Å².